The Labute approximate surface area is 107 Å². The van der Waals surface area contributed by atoms with E-state index in [1.54, 1.807) is 12.1 Å². The maximum atomic E-state index is 11.1. The Morgan fingerprint density at radius 2 is 1.72 bits per heavy atom. The molecule has 0 saturated carbocycles. The van der Waals surface area contributed by atoms with Crippen molar-refractivity contribution in [3.05, 3.63) is 28.8 Å². The Kier molecular flexibility index (Phi) is 4.35. The van der Waals surface area contributed by atoms with Crippen molar-refractivity contribution in [1.29, 1.82) is 0 Å². The van der Waals surface area contributed by atoms with Gasteiger partial charge in [-0.2, -0.15) is 0 Å². The third-order valence-corrected chi connectivity index (χ3v) is 3.37. The van der Waals surface area contributed by atoms with Crippen LogP contribution in [0.1, 0.15) is 36.5 Å². The smallest absolute Gasteiger partial charge is 0.132 e. The minimum atomic E-state index is -1.14. The molecule has 2 atom stereocenters. The van der Waals surface area contributed by atoms with Crippen LogP contribution in [0.2, 0.25) is 0 Å². The second kappa shape index (κ2) is 5.40. The van der Waals surface area contributed by atoms with Gasteiger partial charge in [-0.1, -0.05) is 13.8 Å². The maximum Gasteiger partial charge on any atom is 0.132 e. The fourth-order valence-electron chi connectivity index (χ4n) is 2.62. The van der Waals surface area contributed by atoms with Gasteiger partial charge in [0.25, 0.3) is 0 Å². The van der Waals surface area contributed by atoms with Crippen LogP contribution in [0.3, 0.4) is 0 Å². The average molecular weight is 251 g/mol. The molecule has 0 aliphatic rings. The van der Waals surface area contributed by atoms with Crippen LogP contribution >= 0.6 is 0 Å². The Morgan fingerprint density at radius 1 is 1.28 bits per heavy atom. The number of phenols is 1. The summed E-state index contributed by atoms with van der Waals surface area (Å²) in [5, 5.41) is 20.6. The second-order valence-electron chi connectivity index (χ2n) is 5.19. The van der Waals surface area contributed by atoms with Crippen LogP contribution in [-0.4, -0.2) is 17.1 Å². The van der Waals surface area contributed by atoms with E-state index in [4.69, 9.17) is 0 Å². The molecule has 0 unspecified atom stereocenters. The summed E-state index contributed by atoms with van der Waals surface area (Å²) in [6, 6.07) is 2.51. The number of aliphatic carboxylic acids is 1. The number of carboxylic acid groups (broad SMARTS) is 1. The van der Waals surface area contributed by atoms with E-state index in [1.807, 2.05) is 27.7 Å². The molecular formula is C14H21NO3. The summed E-state index contributed by atoms with van der Waals surface area (Å²) in [5.74, 6) is -1.02. The van der Waals surface area contributed by atoms with Crippen LogP contribution in [0.4, 0.5) is 0 Å². The van der Waals surface area contributed by atoms with E-state index in [0.717, 1.165) is 16.7 Å². The van der Waals surface area contributed by atoms with E-state index in [1.165, 1.54) is 0 Å². The number of hydrogen-bond acceptors (Lipinski definition) is 3. The van der Waals surface area contributed by atoms with E-state index in [-0.39, 0.29) is 17.6 Å². The van der Waals surface area contributed by atoms with E-state index >= 15 is 0 Å². The van der Waals surface area contributed by atoms with Crippen LogP contribution in [0.25, 0.3) is 0 Å². The normalized spacial score (nSPS) is 14.6. The first kappa shape index (κ1) is 14.5. The van der Waals surface area contributed by atoms with Gasteiger partial charge in [0, 0.05) is 5.92 Å². The molecule has 4 nitrogen and oxygen atoms in total. The average Bonchev–Trinajstić information content (AvgIpc) is 2.21. The number of carboxylic acids is 1. The zero-order chi connectivity index (χ0) is 14.0. The highest BCUT2D eigenvalue weighted by molar-refractivity contribution is 5.71. The Balaban J connectivity index is 3.35. The molecule has 0 aliphatic carbocycles. The standard InChI is InChI=1S/C14H21NO3/c1-7(2)11(13(15)14(17)18)12-8(3)5-10(16)6-9(12)4/h5-7,11,13,16H,15H2,1-4H3,(H,17,18)/t11-,13-/m0/s1. The summed E-state index contributed by atoms with van der Waals surface area (Å²) in [6.07, 6.45) is 0. The number of phenolic OH excluding ortho intramolecular Hbond substituents is 1. The van der Waals surface area contributed by atoms with E-state index in [0.29, 0.717) is 0 Å². The Hall–Kier alpha value is -1.55. The molecule has 0 spiro atoms. The second-order valence-corrected chi connectivity index (χ2v) is 5.19. The number of benzene rings is 1. The lowest BCUT2D eigenvalue weighted by molar-refractivity contribution is -0.444. The third-order valence-electron chi connectivity index (χ3n) is 3.37. The van der Waals surface area contributed by atoms with Gasteiger partial charge in [-0.3, -0.25) is 0 Å². The molecule has 0 saturated heterocycles. The molecule has 1 rings (SSSR count). The molecule has 100 valence electrons. The van der Waals surface area contributed by atoms with Crippen molar-refractivity contribution < 1.29 is 20.7 Å². The number of carbonyl (C=O) groups is 1. The van der Waals surface area contributed by atoms with Gasteiger partial charge >= 0.3 is 0 Å². The zero-order valence-corrected chi connectivity index (χ0v) is 11.4. The predicted octanol–water partition coefficient (Wildman–Crippen LogP) is 0.109. The zero-order valence-electron chi connectivity index (χ0n) is 11.4. The van der Waals surface area contributed by atoms with Crippen molar-refractivity contribution in [3.8, 4) is 5.75 Å². The lowest BCUT2D eigenvalue weighted by Gasteiger charge is -2.28. The van der Waals surface area contributed by atoms with Gasteiger partial charge in [0.05, 0.1) is 5.97 Å². The monoisotopic (exact) mass is 251 g/mol. The van der Waals surface area contributed by atoms with E-state index in [9.17, 15) is 15.0 Å². The fraction of sp³-hybridized carbons (Fsp3) is 0.500. The van der Waals surface area contributed by atoms with Crippen molar-refractivity contribution in [2.24, 2.45) is 5.92 Å². The van der Waals surface area contributed by atoms with Crippen molar-refractivity contribution in [2.45, 2.75) is 39.7 Å². The SMILES string of the molecule is Cc1cc(O)cc(C)c1[C@H](C(C)C)[C@H]([NH3+])C(=O)[O-]. The minimum absolute atomic E-state index is 0.132. The molecule has 0 amide bonds. The molecule has 0 fully saturated rings. The van der Waals surface area contributed by atoms with Crippen LogP contribution in [0.15, 0.2) is 12.1 Å². The highest BCUT2D eigenvalue weighted by Crippen LogP contribution is 2.33. The Bertz CT molecular complexity index is 431. The number of carbonyl (C=O) groups excluding carboxylic acids is 1. The van der Waals surface area contributed by atoms with Crippen LogP contribution in [0, 0.1) is 19.8 Å². The third kappa shape index (κ3) is 2.82. The van der Waals surface area contributed by atoms with Gasteiger partial charge in [0.2, 0.25) is 0 Å². The summed E-state index contributed by atoms with van der Waals surface area (Å²) in [7, 11) is 0. The topological polar surface area (TPSA) is 88.0 Å². The van der Waals surface area contributed by atoms with Gasteiger partial charge in [-0.15, -0.1) is 0 Å². The van der Waals surface area contributed by atoms with Gasteiger partial charge in [0.15, 0.2) is 0 Å². The summed E-state index contributed by atoms with van der Waals surface area (Å²) in [5.41, 5.74) is 6.45. The van der Waals surface area contributed by atoms with Crippen molar-refractivity contribution in [1.82, 2.24) is 0 Å². The summed E-state index contributed by atoms with van der Waals surface area (Å²) >= 11 is 0. The summed E-state index contributed by atoms with van der Waals surface area (Å²) in [4.78, 5) is 11.1. The minimum Gasteiger partial charge on any atom is -0.544 e. The van der Waals surface area contributed by atoms with Gasteiger partial charge in [0.1, 0.15) is 11.8 Å². The van der Waals surface area contributed by atoms with E-state index < -0.39 is 12.0 Å². The highest BCUT2D eigenvalue weighted by Gasteiger charge is 2.29. The summed E-state index contributed by atoms with van der Waals surface area (Å²) in [6.45, 7) is 7.69. The first-order chi connectivity index (χ1) is 8.25. The molecule has 0 radical (unpaired) electrons. The fourth-order valence-corrected chi connectivity index (χ4v) is 2.62. The predicted molar refractivity (Wildman–Crippen MR) is 66.8 cm³/mol. The number of rotatable bonds is 4. The number of quaternary nitrogens is 1. The molecule has 0 bridgehead atoms. The first-order valence-corrected chi connectivity index (χ1v) is 6.09. The van der Waals surface area contributed by atoms with Crippen LogP contribution in [-0.2, 0) is 4.79 Å². The molecule has 0 aromatic heterocycles. The van der Waals surface area contributed by atoms with Crippen molar-refractivity contribution >= 4 is 5.97 Å². The largest absolute Gasteiger partial charge is 0.544 e. The lowest BCUT2D eigenvalue weighted by atomic mass is 9.78. The lowest BCUT2D eigenvalue weighted by Crippen LogP contribution is -2.71. The first-order valence-electron chi connectivity index (χ1n) is 6.09. The number of aromatic hydroxyl groups is 1. The quantitative estimate of drug-likeness (QED) is 0.796. The molecule has 1 aromatic rings. The Morgan fingerprint density at radius 3 is 2.06 bits per heavy atom. The summed E-state index contributed by atoms with van der Waals surface area (Å²) < 4.78 is 0. The number of hydrogen-bond donors (Lipinski definition) is 2. The highest BCUT2D eigenvalue weighted by atomic mass is 16.4. The molecule has 4 N–H and O–H groups in total. The molecule has 18 heavy (non-hydrogen) atoms. The number of aryl methyl sites for hydroxylation is 2. The van der Waals surface area contributed by atoms with Crippen LogP contribution in [0.5, 0.6) is 5.75 Å². The van der Waals surface area contributed by atoms with E-state index in [2.05, 4.69) is 5.73 Å². The molecule has 4 heteroatoms. The van der Waals surface area contributed by atoms with Crippen LogP contribution < -0.4 is 10.8 Å². The molecule has 0 heterocycles. The van der Waals surface area contributed by atoms with Gasteiger partial charge in [-0.05, 0) is 48.6 Å². The molecular weight excluding hydrogens is 230 g/mol. The van der Waals surface area contributed by atoms with Crippen molar-refractivity contribution in [2.75, 3.05) is 0 Å². The molecule has 0 aliphatic heterocycles. The van der Waals surface area contributed by atoms with Gasteiger partial charge < -0.3 is 20.7 Å². The van der Waals surface area contributed by atoms with Crippen molar-refractivity contribution in [3.63, 3.8) is 0 Å². The van der Waals surface area contributed by atoms with Gasteiger partial charge in [-0.25, -0.2) is 0 Å². The maximum absolute atomic E-state index is 11.1. The molecule has 1 aromatic carbocycles.